The first-order chi connectivity index (χ1) is 6.16. The highest BCUT2D eigenvalue weighted by atomic mass is 16.5. The molecule has 0 aromatic carbocycles. The number of hydrogen-bond acceptors (Lipinski definition) is 3. The summed E-state index contributed by atoms with van der Waals surface area (Å²) in [5.41, 5.74) is 0. The van der Waals surface area contributed by atoms with Gasteiger partial charge in [-0.2, -0.15) is 0 Å². The number of carbonyl (C=O) groups is 1. The zero-order valence-electron chi connectivity index (χ0n) is 7.77. The molecule has 74 valence electrons. The van der Waals surface area contributed by atoms with Crippen molar-refractivity contribution in [1.29, 1.82) is 0 Å². The van der Waals surface area contributed by atoms with Crippen LogP contribution in [0, 0.1) is 0 Å². The summed E-state index contributed by atoms with van der Waals surface area (Å²) in [7, 11) is 0. The van der Waals surface area contributed by atoms with Crippen molar-refractivity contribution < 1.29 is 14.6 Å². The van der Waals surface area contributed by atoms with E-state index in [-0.39, 0.29) is 18.2 Å². The topological polar surface area (TPSA) is 49.8 Å². The average Bonchev–Trinajstić information content (AvgIpc) is 2.44. The first-order valence-corrected chi connectivity index (χ1v) is 4.79. The van der Waals surface area contributed by atoms with Crippen LogP contribution >= 0.6 is 0 Å². The number of morpholine rings is 1. The molecule has 3 unspecified atom stereocenters. The van der Waals surface area contributed by atoms with E-state index in [0.717, 1.165) is 25.9 Å². The van der Waals surface area contributed by atoms with E-state index in [0.29, 0.717) is 0 Å². The van der Waals surface area contributed by atoms with Crippen LogP contribution in [0.2, 0.25) is 0 Å². The highest BCUT2D eigenvalue weighted by Crippen LogP contribution is 2.27. The van der Waals surface area contributed by atoms with E-state index in [1.54, 1.807) is 6.92 Å². The van der Waals surface area contributed by atoms with Crippen molar-refractivity contribution in [1.82, 2.24) is 4.90 Å². The molecule has 0 radical (unpaired) electrons. The standard InChI is InChI=1S/C9H15NO3/c1-6(9(11)12)10-4-7-2-3-8(5-10)13-7/h6-8H,2-5H2,1H3,(H,11,12). The smallest absolute Gasteiger partial charge is 0.320 e. The minimum absolute atomic E-state index is 0.278. The SMILES string of the molecule is CC(C(=O)O)N1CC2CCC(C1)O2. The molecule has 2 heterocycles. The Hall–Kier alpha value is -0.610. The third kappa shape index (κ3) is 1.69. The van der Waals surface area contributed by atoms with Crippen LogP contribution in [0.15, 0.2) is 0 Å². The first-order valence-electron chi connectivity index (χ1n) is 4.79. The molecule has 0 aromatic heterocycles. The van der Waals surface area contributed by atoms with Gasteiger partial charge in [0.25, 0.3) is 0 Å². The molecule has 0 saturated carbocycles. The minimum Gasteiger partial charge on any atom is -0.480 e. The number of nitrogens with zero attached hydrogens (tertiary/aromatic N) is 1. The third-order valence-corrected chi connectivity index (χ3v) is 2.98. The number of hydrogen-bond donors (Lipinski definition) is 1. The van der Waals surface area contributed by atoms with Crippen molar-refractivity contribution >= 4 is 5.97 Å². The maximum absolute atomic E-state index is 10.7. The molecular formula is C9H15NO3. The van der Waals surface area contributed by atoms with E-state index in [9.17, 15) is 4.79 Å². The van der Waals surface area contributed by atoms with Gasteiger partial charge in [-0.1, -0.05) is 0 Å². The Morgan fingerprint density at radius 3 is 2.46 bits per heavy atom. The Labute approximate surface area is 77.5 Å². The van der Waals surface area contributed by atoms with E-state index in [4.69, 9.17) is 9.84 Å². The Morgan fingerprint density at radius 1 is 1.46 bits per heavy atom. The minimum atomic E-state index is -0.735. The van der Waals surface area contributed by atoms with Crippen LogP contribution in [0.5, 0.6) is 0 Å². The number of ether oxygens (including phenoxy) is 1. The maximum atomic E-state index is 10.7. The summed E-state index contributed by atoms with van der Waals surface area (Å²) in [5.74, 6) is -0.735. The van der Waals surface area contributed by atoms with Gasteiger partial charge in [-0.15, -0.1) is 0 Å². The molecule has 2 aliphatic rings. The molecule has 3 atom stereocenters. The van der Waals surface area contributed by atoms with Gasteiger partial charge in [0, 0.05) is 13.1 Å². The van der Waals surface area contributed by atoms with E-state index in [1.165, 1.54) is 0 Å². The summed E-state index contributed by atoms with van der Waals surface area (Å²) in [5, 5.41) is 8.84. The van der Waals surface area contributed by atoms with Crippen LogP contribution in [-0.4, -0.2) is 47.3 Å². The normalized spacial score (nSPS) is 36.1. The fraction of sp³-hybridized carbons (Fsp3) is 0.889. The lowest BCUT2D eigenvalue weighted by Gasteiger charge is -2.34. The van der Waals surface area contributed by atoms with E-state index in [2.05, 4.69) is 0 Å². The van der Waals surface area contributed by atoms with Gasteiger partial charge in [0.15, 0.2) is 0 Å². The Kier molecular flexibility index (Phi) is 2.26. The molecule has 2 bridgehead atoms. The van der Waals surface area contributed by atoms with Gasteiger partial charge in [0.05, 0.1) is 12.2 Å². The van der Waals surface area contributed by atoms with Crippen LogP contribution in [0.3, 0.4) is 0 Å². The summed E-state index contributed by atoms with van der Waals surface area (Å²) in [6.45, 7) is 3.31. The third-order valence-electron chi connectivity index (χ3n) is 2.98. The molecule has 2 saturated heterocycles. The zero-order chi connectivity index (χ0) is 9.42. The predicted octanol–water partition coefficient (Wildman–Crippen LogP) is 0.323. The largest absolute Gasteiger partial charge is 0.480 e. The van der Waals surface area contributed by atoms with Crippen molar-refractivity contribution in [3.8, 4) is 0 Å². The molecule has 0 aliphatic carbocycles. The molecule has 0 aromatic rings. The average molecular weight is 185 g/mol. The Bertz CT molecular complexity index is 207. The van der Waals surface area contributed by atoms with Gasteiger partial charge in [-0.25, -0.2) is 0 Å². The van der Waals surface area contributed by atoms with Gasteiger partial charge in [-0.05, 0) is 19.8 Å². The first kappa shape index (κ1) is 8.97. The molecule has 2 fully saturated rings. The van der Waals surface area contributed by atoms with Crippen molar-refractivity contribution in [2.24, 2.45) is 0 Å². The van der Waals surface area contributed by atoms with E-state index >= 15 is 0 Å². The lowest BCUT2D eigenvalue weighted by Crippen LogP contribution is -2.49. The summed E-state index contributed by atoms with van der Waals surface area (Å²) in [4.78, 5) is 12.8. The number of likely N-dealkylation sites (tertiary alicyclic amines) is 1. The fourth-order valence-corrected chi connectivity index (χ4v) is 2.12. The van der Waals surface area contributed by atoms with Gasteiger partial charge < -0.3 is 9.84 Å². The highest BCUT2D eigenvalue weighted by Gasteiger charge is 2.36. The van der Waals surface area contributed by atoms with Gasteiger partial charge in [0.1, 0.15) is 6.04 Å². The lowest BCUT2D eigenvalue weighted by atomic mass is 10.2. The van der Waals surface area contributed by atoms with Gasteiger partial charge in [-0.3, -0.25) is 9.69 Å². The number of carboxylic acid groups (broad SMARTS) is 1. The zero-order valence-corrected chi connectivity index (χ0v) is 7.77. The van der Waals surface area contributed by atoms with Crippen molar-refractivity contribution in [2.45, 2.75) is 38.0 Å². The lowest BCUT2D eigenvalue weighted by molar-refractivity contribution is -0.146. The highest BCUT2D eigenvalue weighted by molar-refractivity contribution is 5.72. The van der Waals surface area contributed by atoms with Crippen LogP contribution in [0.25, 0.3) is 0 Å². The molecule has 4 heteroatoms. The van der Waals surface area contributed by atoms with E-state index in [1.807, 2.05) is 4.90 Å². The molecule has 4 nitrogen and oxygen atoms in total. The van der Waals surface area contributed by atoms with Crippen molar-refractivity contribution in [3.05, 3.63) is 0 Å². The summed E-state index contributed by atoms with van der Waals surface area (Å²) < 4.78 is 5.62. The summed E-state index contributed by atoms with van der Waals surface area (Å²) in [6, 6.07) is -0.369. The Balaban J connectivity index is 1.98. The number of aliphatic carboxylic acids is 1. The number of fused-ring (bicyclic) bond motifs is 2. The number of carboxylic acids is 1. The van der Waals surface area contributed by atoms with Crippen LogP contribution in [0.4, 0.5) is 0 Å². The summed E-state index contributed by atoms with van der Waals surface area (Å²) >= 11 is 0. The number of rotatable bonds is 2. The fourth-order valence-electron chi connectivity index (χ4n) is 2.12. The monoisotopic (exact) mass is 185 g/mol. The predicted molar refractivity (Wildman–Crippen MR) is 46.6 cm³/mol. The second-order valence-electron chi connectivity index (χ2n) is 3.93. The van der Waals surface area contributed by atoms with Gasteiger partial charge >= 0.3 is 5.97 Å². The molecule has 0 spiro atoms. The van der Waals surface area contributed by atoms with Crippen LogP contribution in [-0.2, 0) is 9.53 Å². The maximum Gasteiger partial charge on any atom is 0.320 e. The quantitative estimate of drug-likeness (QED) is 0.673. The Morgan fingerprint density at radius 2 is 2.00 bits per heavy atom. The molecule has 1 N–H and O–H groups in total. The molecule has 2 rings (SSSR count). The van der Waals surface area contributed by atoms with E-state index < -0.39 is 5.97 Å². The second kappa shape index (κ2) is 3.27. The van der Waals surface area contributed by atoms with Gasteiger partial charge in [0.2, 0.25) is 0 Å². The van der Waals surface area contributed by atoms with Crippen LogP contribution < -0.4 is 0 Å². The van der Waals surface area contributed by atoms with Crippen molar-refractivity contribution in [3.63, 3.8) is 0 Å². The molecule has 0 amide bonds. The van der Waals surface area contributed by atoms with Crippen LogP contribution in [0.1, 0.15) is 19.8 Å². The molecular weight excluding hydrogens is 170 g/mol. The van der Waals surface area contributed by atoms with Crippen molar-refractivity contribution in [2.75, 3.05) is 13.1 Å². The summed E-state index contributed by atoms with van der Waals surface area (Å²) in [6.07, 6.45) is 2.74. The second-order valence-corrected chi connectivity index (χ2v) is 3.93. The molecule has 2 aliphatic heterocycles. The molecule has 13 heavy (non-hydrogen) atoms.